The van der Waals surface area contributed by atoms with E-state index in [1.165, 1.54) is 30.3 Å². The summed E-state index contributed by atoms with van der Waals surface area (Å²) in [5.41, 5.74) is 7.09. The molecule has 12 heteroatoms. The molecule has 2 heterocycles. The minimum Gasteiger partial charge on any atom is -0.466 e. The number of terminal acetylenes is 1. The highest BCUT2D eigenvalue weighted by Gasteiger charge is 2.44. The van der Waals surface area contributed by atoms with Gasteiger partial charge in [0.05, 0.1) is 35.8 Å². The predicted molar refractivity (Wildman–Crippen MR) is 179 cm³/mol. The van der Waals surface area contributed by atoms with Gasteiger partial charge in [-0.25, -0.2) is 17.8 Å². The number of ether oxygens (including phenoxy) is 1. The summed E-state index contributed by atoms with van der Waals surface area (Å²) in [6, 6.07) is 18.9. The second-order valence-corrected chi connectivity index (χ2v) is 12.7. The molecule has 1 saturated heterocycles. The quantitative estimate of drug-likeness (QED) is 0.175. The fourth-order valence-electron chi connectivity index (χ4n) is 5.14. The molecule has 46 heavy (non-hydrogen) atoms. The number of pyridine rings is 1. The summed E-state index contributed by atoms with van der Waals surface area (Å²) in [5, 5.41) is 5.41. The van der Waals surface area contributed by atoms with E-state index in [-0.39, 0.29) is 35.5 Å². The lowest BCUT2D eigenvalue weighted by Crippen LogP contribution is -2.38. The minimum atomic E-state index is -3.58. The maximum absolute atomic E-state index is 13.4. The molecule has 1 aromatic heterocycles. The number of nitrogens with two attached hydrogens (primary N) is 1. The van der Waals surface area contributed by atoms with Crippen LogP contribution >= 0.6 is 11.6 Å². The van der Waals surface area contributed by atoms with Crippen molar-refractivity contribution < 1.29 is 27.1 Å². The van der Waals surface area contributed by atoms with Crippen molar-refractivity contribution >= 4 is 55.6 Å². The number of nitrogens with one attached hydrogen (secondary N) is 1. The smallest absolute Gasteiger partial charge is 0.311 e. The van der Waals surface area contributed by atoms with E-state index in [0.717, 1.165) is 16.5 Å². The summed E-state index contributed by atoms with van der Waals surface area (Å²) >= 11 is 5.44. The van der Waals surface area contributed by atoms with E-state index in [1.807, 2.05) is 24.3 Å². The second kappa shape index (κ2) is 16.6. The average Bonchev–Trinajstić information content (AvgIpc) is 3.52. The van der Waals surface area contributed by atoms with Gasteiger partial charge in [0.25, 0.3) is 0 Å². The van der Waals surface area contributed by atoms with Crippen molar-refractivity contribution in [2.75, 3.05) is 36.5 Å². The van der Waals surface area contributed by atoms with Crippen LogP contribution in [0.5, 0.6) is 0 Å². The van der Waals surface area contributed by atoms with Crippen LogP contribution in [0.4, 0.5) is 15.9 Å². The van der Waals surface area contributed by atoms with Crippen LogP contribution in [-0.2, 0) is 24.2 Å². The van der Waals surface area contributed by atoms with Crippen LogP contribution in [0.3, 0.4) is 0 Å². The lowest BCUT2D eigenvalue weighted by molar-refractivity contribution is -0.149. The molecule has 1 aliphatic heterocycles. The van der Waals surface area contributed by atoms with Gasteiger partial charge in [0.2, 0.25) is 5.91 Å². The first-order valence-electron chi connectivity index (χ1n) is 14.5. The SMILES string of the molecule is C#C.CCOC(=O)[C@H]1CCN(C(=O)CNc2ccc3c(N)nccc3c2)[C@H]1c1ccccc1S(=O)(=O)CC.Fc1ccc(Cl)cc1. The van der Waals surface area contributed by atoms with Gasteiger partial charge in [0.15, 0.2) is 9.84 Å². The lowest BCUT2D eigenvalue weighted by Gasteiger charge is -2.29. The third-order valence-corrected chi connectivity index (χ3v) is 9.36. The molecule has 1 aliphatic rings. The maximum atomic E-state index is 13.4. The van der Waals surface area contributed by atoms with Crippen molar-refractivity contribution in [1.29, 1.82) is 0 Å². The average molecular weight is 667 g/mol. The topological polar surface area (TPSA) is 132 Å². The van der Waals surface area contributed by atoms with Crippen LogP contribution in [0.1, 0.15) is 31.9 Å². The van der Waals surface area contributed by atoms with Gasteiger partial charge >= 0.3 is 5.97 Å². The number of hydrogen-bond acceptors (Lipinski definition) is 8. The molecule has 3 aromatic carbocycles. The summed E-state index contributed by atoms with van der Waals surface area (Å²) in [6.45, 7) is 3.78. The Morgan fingerprint density at radius 1 is 1.09 bits per heavy atom. The standard InChI is InChI=1S/C26H30N4O5S.C6H4ClF.C2H2/c1-3-35-26(32)21-12-14-30(24(21)20-7-5-6-8-22(20)36(33,34)4-2)23(31)16-29-18-9-10-19-17(15-18)11-13-28-25(19)27;7-5-1-3-6(8)4-2-5;1-2/h5-11,13,15,21,24,29H,3-4,12,14,16H2,1-2H3,(H2,27,28);1-4H;1-2H/t21-,24-;;/m0../s1. The van der Waals surface area contributed by atoms with Crippen molar-refractivity contribution in [2.45, 2.75) is 31.2 Å². The Bertz CT molecular complexity index is 1760. The number of benzene rings is 3. The van der Waals surface area contributed by atoms with Gasteiger partial charge in [0.1, 0.15) is 11.6 Å². The van der Waals surface area contributed by atoms with Crippen molar-refractivity contribution in [1.82, 2.24) is 9.88 Å². The van der Waals surface area contributed by atoms with E-state index >= 15 is 0 Å². The first-order valence-corrected chi connectivity index (χ1v) is 16.5. The Hall–Kier alpha value is -4.66. The van der Waals surface area contributed by atoms with E-state index in [1.54, 1.807) is 43.1 Å². The van der Waals surface area contributed by atoms with Crippen LogP contribution < -0.4 is 11.1 Å². The van der Waals surface area contributed by atoms with Crippen LogP contribution in [0.2, 0.25) is 5.02 Å². The number of carbonyl (C=O) groups is 2. The van der Waals surface area contributed by atoms with Gasteiger partial charge in [0, 0.05) is 28.8 Å². The van der Waals surface area contributed by atoms with E-state index in [0.29, 0.717) is 29.4 Å². The van der Waals surface area contributed by atoms with Crippen LogP contribution in [0, 0.1) is 24.6 Å². The molecule has 1 fully saturated rings. The third-order valence-electron chi connectivity index (χ3n) is 7.30. The number of nitrogens with zero attached hydrogens (tertiary/aromatic N) is 2. The number of anilines is 2. The van der Waals surface area contributed by atoms with Crippen LogP contribution in [0.15, 0.2) is 83.9 Å². The highest BCUT2D eigenvalue weighted by atomic mass is 35.5. The summed E-state index contributed by atoms with van der Waals surface area (Å²) < 4.78 is 43.0. The molecular formula is C34H36ClFN4O5S. The molecule has 0 unspecified atom stereocenters. The van der Waals surface area contributed by atoms with E-state index in [4.69, 9.17) is 22.1 Å². The van der Waals surface area contributed by atoms with E-state index in [2.05, 4.69) is 23.1 Å². The number of amides is 1. The predicted octanol–water partition coefficient (Wildman–Crippen LogP) is 5.90. The molecule has 5 rings (SSSR count). The molecule has 0 radical (unpaired) electrons. The van der Waals surface area contributed by atoms with E-state index < -0.39 is 27.8 Å². The summed E-state index contributed by atoms with van der Waals surface area (Å²) in [5.74, 6) is -1.24. The molecule has 1 amide bonds. The first kappa shape index (κ1) is 35.8. The van der Waals surface area contributed by atoms with Gasteiger partial charge < -0.3 is 20.7 Å². The summed E-state index contributed by atoms with van der Waals surface area (Å²) in [7, 11) is -3.58. The number of halogens is 2. The number of aromatic nitrogens is 1. The van der Waals surface area contributed by atoms with E-state index in [9.17, 15) is 22.4 Å². The molecular weight excluding hydrogens is 631 g/mol. The Balaban J connectivity index is 0.000000496. The number of likely N-dealkylation sites (tertiary alicyclic amines) is 1. The fourth-order valence-corrected chi connectivity index (χ4v) is 6.41. The van der Waals surface area contributed by atoms with Crippen molar-refractivity contribution in [3.05, 3.63) is 95.4 Å². The molecule has 4 aromatic rings. The first-order chi connectivity index (χ1) is 22.1. The highest BCUT2D eigenvalue weighted by Crippen LogP contribution is 2.41. The molecule has 0 aliphatic carbocycles. The van der Waals surface area contributed by atoms with Gasteiger partial charge in [-0.05, 0) is 78.9 Å². The number of carbonyl (C=O) groups excluding carboxylic acids is 2. The second-order valence-electron chi connectivity index (χ2n) is 10.0. The number of hydrogen-bond donors (Lipinski definition) is 2. The minimum absolute atomic E-state index is 0.0270. The Morgan fingerprint density at radius 2 is 1.78 bits per heavy atom. The van der Waals surface area contributed by atoms with Gasteiger partial charge in [-0.1, -0.05) is 36.7 Å². The Labute approximate surface area is 273 Å². The summed E-state index contributed by atoms with van der Waals surface area (Å²) in [6.07, 6.45) is 10.0. The number of nitrogen functional groups attached to an aromatic ring is 1. The highest BCUT2D eigenvalue weighted by molar-refractivity contribution is 7.91. The number of fused-ring (bicyclic) bond motifs is 1. The van der Waals surface area contributed by atoms with Crippen molar-refractivity contribution in [3.8, 4) is 12.8 Å². The molecule has 0 bridgehead atoms. The van der Waals surface area contributed by atoms with Crippen LogP contribution in [0.25, 0.3) is 10.8 Å². The summed E-state index contributed by atoms with van der Waals surface area (Å²) in [4.78, 5) is 32.0. The molecule has 9 nitrogen and oxygen atoms in total. The Kier molecular flexibility index (Phi) is 12.9. The molecule has 242 valence electrons. The molecule has 0 spiro atoms. The molecule has 3 N–H and O–H groups in total. The molecule has 0 saturated carbocycles. The lowest BCUT2D eigenvalue weighted by atomic mass is 9.93. The Morgan fingerprint density at radius 3 is 2.43 bits per heavy atom. The monoisotopic (exact) mass is 666 g/mol. The number of rotatable bonds is 8. The van der Waals surface area contributed by atoms with Crippen molar-refractivity contribution in [3.63, 3.8) is 0 Å². The fraction of sp³-hybridized carbons (Fsp3) is 0.265. The largest absolute Gasteiger partial charge is 0.466 e. The number of esters is 1. The maximum Gasteiger partial charge on any atom is 0.311 e. The van der Waals surface area contributed by atoms with Crippen molar-refractivity contribution in [2.24, 2.45) is 5.92 Å². The zero-order chi connectivity index (χ0) is 33.9. The zero-order valence-corrected chi connectivity index (χ0v) is 27.1. The van der Waals surface area contributed by atoms with Gasteiger partial charge in [-0.2, -0.15) is 0 Å². The molecule has 2 atom stereocenters. The normalized spacial score (nSPS) is 15.6. The van der Waals surface area contributed by atoms with Gasteiger partial charge in [-0.15, -0.1) is 12.8 Å². The number of sulfone groups is 1. The zero-order valence-electron chi connectivity index (χ0n) is 25.5. The van der Waals surface area contributed by atoms with Gasteiger partial charge in [-0.3, -0.25) is 9.59 Å². The van der Waals surface area contributed by atoms with Crippen LogP contribution in [-0.4, -0.2) is 55.6 Å². The third kappa shape index (κ3) is 8.74.